The van der Waals surface area contributed by atoms with Crippen molar-refractivity contribution in [2.45, 2.75) is 23.9 Å². The first-order valence-electron chi connectivity index (χ1n) is 5.38. The van der Waals surface area contributed by atoms with Gasteiger partial charge in [-0.05, 0) is 12.8 Å². The summed E-state index contributed by atoms with van der Waals surface area (Å²) in [6, 6.07) is -0.133. The third-order valence-electron chi connectivity index (χ3n) is 2.99. The van der Waals surface area contributed by atoms with Crippen molar-refractivity contribution >= 4 is 21.6 Å². The minimum absolute atomic E-state index is 0.0412. The van der Waals surface area contributed by atoms with Gasteiger partial charge in [-0.25, -0.2) is 8.42 Å². The second kappa shape index (κ2) is 4.56. The standard InChI is InChI=1S/C9H15ClN4O2S/c1-13-9(8(10)6-12-13)17(15,16)14-4-2-3-7(14)5-11/h6-7H,2-5,11H2,1H3. The molecule has 1 aliphatic rings. The summed E-state index contributed by atoms with van der Waals surface area (Å²) in [6.45, 7) is 0.820. The molecule has 2 heterocycles. The molecule has 1 aromatic heterocycles. The van der Waals surface area contributed by atoms with Crippen LogP contribution in [-0.4, -0.2) is 41.6 Å². The number of sulfonamides is 1. The molecule has 0 bridgehead atoms. The van der Waals surface area contributed by atoms with Gasteiger partial charge in [0.2, 0.25) is 0 Å². The number of aryl methyl sites for hydroxylation is 1. The molecule has 8 heteroatoms. The fourth-order valence-corrected chi connectivity index (χ4v) is 4.48. The predicted molar refractivity (Wildman–Crippen MR) is 64.2 cm³/mol. The summed E-state index contributed by atoms with van der Waals surface area (Å²) in [7, 11) is -2.03. The molecular formula is C9H15ClN4O2S. The Kier molecular flexibility index (Phi) is 3.44. The highest BCUT2D eigenvalue weighted by Gasteiger charge is 2.37. The average Bonchev–Trinajstić information content (AvgIpc) is 2.85. The molecule has 1 unspecified atom stereocenters. The van der Waals surface area contributed by atoms with Crippen molar-refractivity contribution in [2.75, 3.05) is 13.1 Å². The van der Waals surface area contributed by atoms with Crippen LogP contribution in [0.4, 0.5) is 0 Å². The highest BCUT2D eigenvalue weighted by molar-refractivity contribution is 7.89. The summed E-state index contributed by atoms with van der Waals surface area (Å²) in [5, 5.41) is 4.04. The molecule has 0 saturated carbocycles. The second-order valence-electron chi connectivity index (χ2n) is 4.07. The fourth-order valence-electron chi connectivity index (χ4n) is 2.16. The minimum Gasteiger partial charge on any atom is -0.329 e. The molecule has 1 saturated heterocycles. The van der Waals surface area contributed by atoms with E-state index in [1.54, 1.807) is 7.05 Å². The molecule has 1 atom stereocenters. The van der Waals surface area contributed by atoms with E-state index in [2.05, 4.69) is 5.10 Å². The molecular weight excluding hydrogens is 264 g/mol. The molecule has 17 heavy (non-hydrogen) atoms. The summed E-state index contributed by atoms with van der Waals surface area (Å²) in [5.74, 6) is 0. The van der Waals surface area contributed by atoms with Crippen molar-refractivity contribution < 1.29 is 8.42 Å². The Morgan fingerprint density at radius 3 is 2.88 bits per heavy atom. The zero-order chi connectivity index (χ0) is 12.6. The molecule has 96 valence electrons. The first-order valence-corrected chi connectivity index (χ1v) is 7.19. The van der Waals surface area contributed by atoms with Gasteiger partial charge in [0.15, 0.2) is 5.03 Å². The normalized spacial score (nSPS) is 22.2. The Bertz CT molecular complexity index is 494. The van der Waals surface area contributed by atoms with Crippen LogP contribution >= 0.6 is 11.6 Å². The van der Waals surface area contributed by atoms with Gasteiger partial charge in [-0.3, -0.25) is 4.68 Å². The highest BCUT2D eigenvalue weighted by Crippen LogP contribution is 2.29. The number of halogens is 1. The van der Waals surface area contributed by atoms with Gasteiger partial charge in [0.05, 0.1) is 11.2 Å². The number of hydrogen-bond donors (Lipinski definition) is 1. The topological polar surface area (TPSA) is 81.2 Å². The molecule has 2 rings (SSSR count). The van der Waals surface area contributed by atoms with E-state index in [0.717, 1.165) is 12.8 Å². The quantitative estimate of drug-likeness (QED) is 0.855. The van der Waals surface area contributed by atoms with Crippen LogP contribution in [0, 0.1) is 0 Å². The van der Waals surface area contributed by atoms with Crippen LogP contribution in [0.5, 0.6) is 0 Å². The van der Waals surface area contributed by atoms with E-state index in [1.165, 1.54) is 15.2 Å². The van der Waals surface area contributed by atoms with Gasteiger partial charge in [0, 0.05) is 26.2 Å². The molecule has 6 nitrogen and oxygen atoms in total. The van der Waals surface area contributed by atoms with Gasteiger partial charge in [0.1, 0.15) is 0 Å². The maximum Gasteiger partial charge on any atom is 0.262 e. The number of nitrogens with two attached hydrogens (primary N) is 1. The first-order chi connectivity index (χ1) is 7.98. The molecule has 0 radical (unpaired) electrons. The Balaban J connectivity index is 2.43. The van der Waals surface area contributed by atoms with Gasteiger partial charge >= 0.3 is 0 Å². The molecule has 0 amide bonds. The van der Waals surface area contributed by atoms with Crippen LogP contribution in [0.25, 0.3) is 0 Å². The van der Waals surface area contributed by atoms with Crippen LogP contribution in [0.1, 0.15) is 12.8 Å². The highest BCUT2D eigenvalue weighted by atomic mass is 35.5. The smallest absolute Gasteiger partial charge is 0.262 e. The number of aromatic nitrogens is 2. The van der Waals surface area contributed by atoms with Crippen molar-refractivity contribution in [1.29, 1.82) is 0 Å². The van der Waals surface area contributed by atoms with Crippen LogP contribution in [0.3, 0.4) is 0 Å². The monoisotopic (exact) mass is 278 g/mol. The van der Waals surface area contributed by atoms with E-state index >= 15 is 0 Å². The van der Waals surface area contributed by atoms with Crippen LogP contribution < -0.4 is 5.73 Å². The fraction of sp³-hybridized carbons (Fsp3) is 0.667. The molecule has 1 aromatic rings. The Hall–Kier alpha value is -0.630. The molecule has 0 spiro atoms. The third-order valence-corrected chi connectivity index (χ3v) is 5.45. The Morgan fingerprint density at radius 2 is 2.35 bits per heavy atom. The molecule has 0 aromatic carbocycles. The maximum atomic E-state index is 12.4. The summed E-state index contributed by atoms with van der Waals surface area (Å²) >= 11 is 5.88. The lowest BCUT2D eigenvalue weighted by molar-refractivity contribution is 0.388. The van der Waals surface area contributed by atoms with Crippen molar-refractivity contribution in [1.82, 2.24) is 14.1 Å². The van der Waals surface area contributed by atoms with Crippen LogP contribution in [0.2, 0.25) is 5.02 Å². The summed E-state index contributed by atoms with van der Waals surface area (Å²) in [5.41, 5.74) is 5.59. The summed E-state index contributed by atoms with van der Waals surface area (Å²) in [4.78, 5) is 0. The molecule has 0 aliphatic carbocycles. The van der Waals surface area contributed by atoms with Gasteiger partial charge in [-0.1, -0.05) is 11.6 Å². The van der Waals surface area contributed by atoms with Crippen molar-refractivity contribution in [3.63, 3.8) is 0 Å². The van der Waals surface area contributed by atoms with Gasteiger partial charge in [0.25, 0.3) is 10.0 Å². The maximum absolute atomic E-state index is 12.4. The zero-order valence-corrected chi connectivity index (χ0v) is 11.1. The van der Waals surface area contributed by atoms with Gasteiger partial charge in [-0.15, -0.1) is 0 Å². The largest absolute Gasteiger partial charge is 0.329 e. The van der Waals surface area contributed by atoms with E-state index in [0.29, 0.717) is 13.1 Å². The Morgan fingerprint density at radius 1 is 1.65 bits per heavy atom. The van der Waals surface area contributed by atoms with Crippen molar-refractivity contribution in [3.8, 4) is 0 Å². The second-order valence-corrected chi connectivity index (χ2v) is 6.28. The first kappa shape index (κ1) is 12.8. The lowest BCUT2D eigenvalue weighted by atomic mass is 10.2. The van der Waals surface area contributed by atoms with E-state index in [9.17, 15) is 8.42 Å². The number of nitrogens with zero attached hydrogens (tertiary/aromatic N) is 3. The van der Waals surface area contributed by atoms with E-state index in [1.807, 2.05) is 0 Å². The number of hydrogen-bond acceptors (Lipinski definition) is 4. The summed E-state index contributed by atoms with van der Waals surface area (Å²) < 4.78 is 27.6. The predicted octanol–water partition coefficient (Wildman–Crippen LogP) is 0.185. The minimum atomic E-state index is -3.60. The SMILES string of the molecule is Cn1ncc(Cl)c1S(=O)(=O)N1CCCC1CN. The van der Waals surface area contributed by atoms with E-state index in [-0.39, 0.29) is 16.1 Å². The Labute approximate surface area is 105 Å². The van der Waals surface area contributed by atoms with Gasteiger partial charge < -0.3 is 5.73 Å². The average molecular weight is 279 g/mol. The van der Waals surface area contributed by atoms with E-state index < -0.39 is 10.0 Å². The van der Waals surface area contributed by atoms with Gasteiger partial charge in [-0.2, -0.15) is 9.40 Å². The van der Waals surface area contributed by atoms with Crippen molar-refractivity contribution in [2.24, 2.45) is 12.8 Å². The third kappa shape index (κ3) is 2.08. The summed E-state index contributed by atoms with van der Waals surface area (Å²) in [6.07, 6.45) is 2.96. The molecule has 1 fully saturated rings. The lowest BCUT2D eigenvalue weighted by Gasteiger charge is -2.22. The van der Waals surface area contributed by atoms with Crippen LogP contribution in [0.15, 0.2) is 11.2 Å². The molecule has 1 aliphatic heterocycles. The zero-order valence-electron chi connectivity index (χ0n) is 9.50. The van der Waals surface area contributed by atoms with Crippen LogP contribution in [-0.2, 0) is 17.1 Å². The number of rotatable bonds is 3. The van der Waals surface area contributed by atoms with Crippen molar-refractivity contribution in [3.05, 3.63) is 11.2 Å². The van der Waals surface area contributed by atoms with E-state index in [4.69, 9.17) is 17.3 Å². The molecule has 2 N–H and O–H groups in total. The lowest BCUT2D eigenvalue weighted by Crippen LogP contribution is -2.40.